The molecule has 0 saturated heterocycles. The molecular formula is C16H27NO2. The molecule has 3 nitrogen and oxygen atoms in total. The molecule has 0 aromatic heterocycles. The van der Waals surface area contributed by atoms with Crippen LogP contribution in [0.5, 0.6) is 0 Å². The molecule has 1 aromatic carbocycles. The maximum atomic E-state index is 9.30. The summed E-state index contributed by atoms with van der Waals surface area (Å²) in [6.45, 7) is 7.59. The first-order chi connectivity index (χ1) is 8.88. The summed E-state index contributed by atoms with van der Waals surface area (Å²) < 4.78 is 0. The lowest BCUT2D eigenvalue weighted by atomic mass is 9.87. The van der Waals surface area contributed by atoms with E-state index in [0.717, 1.165) is 6.54 Å². The summed E-state index contributed by atoms with van der Waals surface area (Å²) in [6.07, 6.45) is 0.604. The Bertz CT molecular complexity index is 367. The SMILES string of the molecule is CN(Cc1ccc(C(C)(C)C)cc1)C(CO)CCO. The van der Waals surface area contributed by atoms with E-state index in [1.54, 1.807) is 0 Å². The normalized spacial score (nSPS) is 13.8. The smallest absolute Gasteiger partial charge is 0.0587 e. The fourth-order valence-electron chi connectivity index (χ4n) is 2.13. The minimum atomic E-state index is 0.0206. The number of likely N-dealkylation sites (N-methyl/N-ethyl adjacent to an activating group) is 1. The van der Waals surface area contributed by atoms with E-state index in [0.29, 0.717) is 6.42 Å². The van der Waals surface area contributed by atoms with Crippen molar-refractivity contribution in [2.24, 2.45) is 0 Å². The second-order valence-corrected chi connectivity index (χ2v) is 6.21. The van der Waals surface area contributed by atoms with Gasteiger partial charge in [0, 0.05) is 19.2 Å². The number of aliphatic hydroxyl groups excluding tert-OH is 2. The largest absolute Gasteiger partial charge is 0.396 e. The van der Waals surface area contributed by atoms with E-state index in [1.165, 1.54) is 11.1 Å². The molecule has 0 fully saturated rings. The van der Waals surface area contributed by atoms with Gasteiger partial charge in [-0.3, -0.25) is 4.90 Å². The first-order valence-corrected chi connectivity index (χ1v) is 6.90. The van der Waals surface area contributed by atoms with Crippen LogP contribution in [-0.4, -0.2) is 41.4 Å². The minimum absolute atomic E-state index is 0.0206. The Labute approximate surface area is 116 Å². The predicted octanol–water partition coefficient (Wildman–Crippen LogP) is 2.16. The van der Waals surface area contributed by atoms with Crippen molar-refractivity contribution < 1.29 is 10.2 Å². The van der Waals surface area contributed by atoms with Gasteiger partial charge in [-0.2, -0.15) is 0 Å². The molecule has 2 N–H and O–H groups in total. The van der Waals surface area contributed by atoms with E-state index in [2.05, 4.69) is 49.9 Å². The molecular weight excluding hydrogens is 238 g/mol. The number of aliphatic hydroxyl groups is 2. The molecule has 0 bridgehead atoms. The van der Waals surface area contributed by atoms with E-state index in [1.807, 2.05) is 7.05 Å². The van der Waals surface area contributed by atoms with E-state index in [9.17, 15) is 5.11 Å². The molecule has 0 amide bonds. The molecule has 1 aromatic rings. The molecule has 0 spiro atoms. The Morgan fingerprint density at radius 2 is 1.68 bits per heavy atom. The fourth-order valence-corrected chi connectivity index (χ4v) is 2.13. The van der Waals surface area contributed by atoms with Crippen molar-refractivity contribution in [3.8, 4) is 0 Å². The van der Waals surface area contributed by atoms with Gasteiger partial charge in [0.1, 0.15) is 0 Å². The fraction of sp³-hybridized carbons (Fsp3) is 0.625. The summed E-state index contributed by atoms with van der Waals surface area (Å²) in [4.78, 5) is 2.09. The summed E-state index contributed by atoms with van der Waals surface area (Å²) >= 11 is 0. The zero-order valence-corrected chi connectivity index (χ0v) is 12.6. The van der Waals surface area contributed by atoms with Crippen molar-refractivity contribution in [2.75, 3.05) is 20.3 Å². The lowest BCUT2D eigenvalue weighted by Crippen LogP contribution is -2.35. The lowest BCUT2D eigenvalue weighted by Gasteiger charge is -2.26. The van der Waals surface area contributed by atoms with Gasteiger partial charge in [0.25, 0.3) is 0 Å². The maximum Gasteiger partial charge on any atom is 0.0587 e. The second kappa shape index (κ2) is 7.04. The van der Waals surface area contributed by atoms with Gasteiger partial charge in [-0.15, -0.1) is 0 Å². The predicted molar refractivity (Wildman–Crippen MR) is 79.2 cm³/mol. The topological polar surface area (TPSA) is 43.7 Å². The van der Waals surface area contributed by atoms with Gasteiger partial charge in [0.2, 0.25) is 0 Å². The highest BCUT2D eigenvalue weighted by atomic mass is 16.3. The van der Waals surface area contributed by atoms with Crippen molar-refractivity contribution in [1.29, 1.82) is 0 Å². The van der Waals surface area contributed by atoms with Crippen LogP contribution >= 0.6 is 0 Å². The molecule has 3 heteroatoms. The van der Waals surface area contributed by atoms with E-state index >= 15 is 0 Å². The van der Waals surface area contributed by atoms with Crippen molar-refractivity contribution in [2.45, 2.75) is 45.2 Å². The monoisotopic (exact) mass is 265 g/mol. The number of hydrogen-bond donors (Lipinski definition) is 2. The number of hydrogen-bond acceptors (Lipinski definition) is 3. The summed E-state index contributed by atoms with van der Waals surface area (Å²) in [7, 11) is 1.98. The quantitative estimate of drug-likeness (QED) is 0.828. The Morgan fingerprint density at radius 3 is 2.11 bits per heavy atom. The van der Waals surface area contributed by atoms with Gasteiger partial charge >= 0.3 is 0 Å². The Hall–Kier alpha value is -0.900. The first-order valence-electron chi connectivity index (χ1n) is 6.90. The second-order valence-electron chi connectivity index (χ2n) is 6.21. The molecule has 19 heavy (non-hydrogen) atoms. The van der Waals surface area contributed by atoms with Gasteiger partial charge in [0.05, 0.1) is 6.61 Å². The van der Waals surface area contributed by atoms with Gasteiger partial charge in [0.15, 0.2) is 0 Å². The third-order valence-corrected chi connectivity index (χ3v) is 3.55. The van der Waals surface area contributed by atoms with Crippen molar-refractivity contribution in [3.05, 3.63) is 35.4 Å². The van der Waals surface area contributed by atoms with E-state index in [4.69, 9.17) is 5.11 Å². The summed E-state index contributed by atoms with van der Waals surface area (Å²) in [5, 5.41) is 18.3. The number of nitrogens with zero attached hydrogens (tertiary/aromatic N) is 1. The van der Waals surface area contributed by atoms with Crippen LogP contribution in [0.4, 0.5) is 0 Å². The number of rotatable bonds is 6. The van der Waals surface area contributed by atoms with Crippen LogP contribution in [0.15, 0.2) is 24.3 Å². The van der Waals surface area contributed by atoms with E-state index < -0.39 is 0 Å². The van der Waals surface area contributed by atoms with Crippen LogP contribution in [0.25, 0.3) is 0 Å². The Kier molecular flexibility index (Phi) is 5.98. The molecule has 0 heterocycles. The van der Waals surface area contributed by atoms with Crippen molar-refractivity contribution in [1.82, 2.24) is 4.90 Å². The standard InChI is InChI=1S/C16H27NO2/c1-16(2,3)14-7-5-13(6-8-14)11-17(4)15(12-19)9-10-18/h5-8,15,18-19H,9-12H2,1-4H3. The lowest BCUT2D eigenvalue weighted by molar-refractivity contribution is 0.115. The van der Waals surface area contributed by atoms with Crippen LogP contribution in [0.2, 0.25) is 0 Å². The average Bonchev–Trinajstić information content (AvgIpc) is 2.35. The minimum Gasteiger partial charge on any atom is -0.396 e. The van der Waals surface area contributed by atoms with Crippen LogP contribution < -0.4 is 0 Å². The number of benzene rings is 1. The molecule has 108 valence electrons. The van der Waals surface area contributed by atoms with Gasteiger partial charge in [-0.25, -0.2) is 0 Å². The van der Waals surface area contributed by atoms with Crippen LogP contribution in [-0.2, 0) is 12.0 Å². The molecule has 1 atom stereocenters. The van der Waals surface area contributed by atoms with Crippen molar-refractivity contribution >= 4 is 0 Å². The van der Waals surface area contributed by atoms with Gasteiger partial charge in [-0.1, -0.05) is 45.0 Å². The van der Waals surface area contributed by atoms with E-state index in [-0.39, 0.29) is 24.7 Å². The van der Waals surface area contributed by atoms with Crippen LogP contribution in [0.1, 0.15) is 38.3 Å². The molecule has 0 aliphatic rings. The van der Waals surface area contributed by atoms with Gasteiger partial charge in [-0.05, 0) is 30.0 Å². The highest BCUT2D eigenvalue weighted by Crippen LogP contribution is 2.22. The molecule has 0 aliphatic carbocycles. The zero-order chi connectivity index (χ0) is 14.5. The Balaban J connectivity index is 2.67. The highest BCUT2D eigenvalue weighted by Gasteiger charge is 2.15. The highest BCUT2D eigenvalue weighted by molar-refractivity contribution is 5.27. The zero-order valence-electron chi connectivity index (χ0n) is 12.6. The first kappa shape index (κ1) is 16.2. The van der Waals surface area contributed by atoms with Crippen molar-refractivity contribution in [3.63, 3.8) is 0 Å². The molecule has 1 unspecified atom stereocenters. The summed E-state index contributed by atoms with van der Waals surface area (Å²) in [6, 6.07) is 8.65. The van der Waals surface area contributed by atoms with Crippen LogP contribution in [0, 0.1) is 0 Å². The third kappa shape index (κ3) is 4.94. The summed E-state index contributed by atoms with van der Waals surface area (Å²) in [5.74, 6) is 0. The molecule has 0 radical (unpaired) electrons. The maximum absolute atomic E-state index is 9.30. The molecule has 1 rings (SSSR count). The third-order valence-electron chi connectivity index (χ3n) is 3.55. The summed E-state index contributed by atoms with van der Waals surface area (Å²) in [5.41, 5.74) is 2.73. The van der Waals surface area contributed by atoms with Gasteiger partial charge < -0.3 is 10.2 Å². The molecule has 0 aliphatic heterocycles. The van der Waals surface area contributed by atoms with Crippen LogP contribution in [0.3, 0.4) is 0 Å². The average molecular weight is 265 g/mol. The Morgan fingerprint density at radius 1 is 1.11 bits per heavy atom. The molecule has 0 saturated carbocycles.